The summed E-state index contributed by atoms with van der Waals surface area (Å²) in [5.74, 6) is 0.566. The molecule has 6 nitrogen and oxygen atoms in total. The quantitative estimate of drug-likeness (QED) is 0.809. The van der Waals surface area contributed by atoms with Gasteiger partial charge in [0.25, 0.3) is 5.56 Å². The number of benzene rings is 1. The molecule has 0 aliphatic carbocycles. The zero-order valence-electron chi connectivity index (χ0n) is 10.3. The van der Waals surface area contributed by atoms with Gasteiger partial charge in [-0.3, -0.25) is 4.79 Å². The summed E-state index contributed by atoms with van der Waals surface area (Å²) in [6.07, 6.45) is 1.47. The standard InChI is InChI=1S/C13H15N3O3/c14-4-5-19-12-7-13(18)16(15-8-12)9-10-2-1-3-11(17)6-10/h1-3,6-8,17H,4-5,9,14H2. The van der Waals surface area contributed by atoms with E-state index in [-0.39, 0.29) is 11.3 Å². The molecular weight excluding hydrogens is 246 g/mol. The van der Waals surface area contributed by atoms with Gasteiger partial charge in [-0.15, -0.1) is 0 Å². The minimum Gasteiger partial charge on any atom is -0.508 e. The van der Waals surface area contributed by atoms with Gasteiger partial charge in [0, 0.05) is 12.6 Å². The first-order valence-electron chi connectivity index (χ1n) is 5.87. The van der Waals surface area contributed by atoms with Crippen LogP contribution >= 0.6 is 0 Å². The second-order valence-corrected chi connectivity index (χ2v) is 3.99. The van der Waals surface area contributed by atoms with E-state index >= 15 is 0 Å². The van der Waals surface area contributed by atoms with Crippen LogP contribution < -0.4 is 16.0 Å². The van der Waals surface area contributed by atoms with Crippen LogP contribution in [-0.2, 0) is 6.54 Å². The van der Waals surface area contributed by atoms with E-state index < -0.39 is 0 Å². The van der Waals surface area contributed by atoms with E-state index in [1.807, 2.05) is 6.07 Å². The molecule has 0 aliphatic rings. The van der Waals surface area contributed by atoms with E-state index in [0.717, 1.165) is 5.56 Å². The summed E-state index contributed by atoms with van der Waals surface area (Å²) in [4.78, 5) is 11.8. The molecule has 1 aromatic heterocycles. The lowest BCUT2D eigenvalue weighted by Crippen LogP contribution is -2.23. The van der Waals surface area contributed by atoms with Gasteiger partial charge in [-0.05, 0) is 17.7 Å². The molecule has 6 heteroatoms. The number of phenolic OH excluding ortho intramolecular Hbond substituents is 1. The molecule has 2 aromatic rings. The number of rotatable bonds is 5. The van der Waals surface area contributed by atoms with E-state index in [1.165, 1.54) is 16.9 Å². The van der Waals surface area contributed by atoms with Crippen LogP contribution in [0.25, 0.3) is 0 Å². The van der Waals surface area contributed by atoms with Crippen molar-refractivity contribution in [2.24, 2.45) is 5.73 Å². The predicted octanol–water partition coefficient (Wildman–Crippen LogP) is 0.335. The van der Waals surface area contributed by atoms with Crippen LogP contribution in [0.4, 0.5) is 0 Å². The molecule has 0 radical (unpaired) electrons. The molecule has 0 atom stereocenters. The molecule has 0 fully saturated rings. The Balaban J connectivity index is 2.15. The van der Waals surface area contributed by atoms with Crippen LogP contribution in [0.15, 0.2) is 41.3 Å². The van der Waals surface area contributed by atoms with E-state index in [2.05, 4.69) is 5.10 Å². The minimum atomic E-state index is -0.266. The van der Waals surface area contributed by atoms with E-state index in [4.69, 9.17) is 10.5 Å². The predicted molar refractivity (Wildman–Crippen MR) is 70.3 cm³/mol. The highest BCUT2D eigenvalue weighted by atomic mass is 16.5. The first-order valence-corrected chi connectivity index (χ1v) is 5.87. The molecule has 0 unspecified atom stereocenters. The van der Waals surface area contributed by atoms with Gasteiger partial charge in [-0.25, -0.2) is 4.68 Å². The van der Waals surface area contributed by atoms with Crippen molar-refractivity contribution in [3.05, 3.63) is 52.4 Å². The zero-order chi connectivity index (χ0) is 13.7. The Kier molecular flexibility index (Phi) is 4.15. The average Bonchev–Trinajstić information content (AvgIpc) is 2.39. The number of aromatic nitrogens is 2. The van der Waals surface area contributed by atoms with Crippen molar-refractivity contribution >= 4 is 0 Å². The maximum Gasteiger partial charge on any atom is 0.270 e. The number of nitrogens with two attached hydrogens (primary N) is 1. The van der Waals surface area contributed by atoms with Crippen molar-refractivity contribution in [1.82, 2.24) is 9.78 Å². The Morgan fingerprint density at radius 1 is 1.37 bits per heavy atom. The number of hydrogen-bond acceptors (Lipinski definition) is 5. The monoisotopic (exact) mass is 261 g/mol. The van der Waals surface area contributed by atoms with Crippen LogP contribution in [0.1, 0.15) is 5.56 Å². The maximum absolute atomic E-state index is 11.8. The lowest BCUT2D eigenvalue weighted by atomic mass is 10.2. The molecule has 0 spiro atoms. The molecule has 0 saturated heterocycles. The fourth-order valence-corrected chi connectivity index (χ4v) is 1.62. The van der Waals surface area contributed by atoms with Gasteiger partial charge in [0.2, 0.25) is 0 Å². The van der Waals surface area contributed by atoms with Crippen molar-refractivity contribution in [2.45, 2.75) is 6.54 Å². The maximum atomic E-state index is 11.8. The number of aromatic hydroxyl groups is 1. The summed E-state index contributed by atoms with van der Waals surface area (Å²) < 4.78 is 6.52. The molecule has 1 heterocycles. The first-order chi connectivity index (χ1) is 9.19. The molecule has 19 heavy (non-hydrogen) atoms. The summed E-state index contributed by atoms with van der Waals surface area (Å²) in [5.41, 5.74) is 5.84. The molecule has 0 aliphatic heterocycles. The second-order valence-electron chi connectivity index (χ2n) is 3.99. The molecule has 2 rings (SSSR count). The van der Waals surface area contributed by atoms with Crippen molar-refractivity contribution in [2.75, 3.05) is 13.2 Å². The smallest absolute Gasteiger partial charge is 0.270 e. The van der Waals surface area contributed by atoms with Crippen molar-refractivity contribution < 1.29 is 9.84 Å². The highest BCUT2D eigenvalue weighted by molar-refractivity contribution is 5.27. The first kappa shape index (κ1) is 13.1. The SMILES string of the molecule is NCCOc1cnn(Cc2cccc(O)c2)c(=O)c1. The largest absolute Gasteiger partial charge is 0.508 e. The molecule has 0 bridgehead atoms. The van der Waals surface area contributed by atoms with E-state index in [9.17, 15) is 9.90 Å². The molecule has 0 saturated carbocycles. The van der Waals surface area contributed by atoms with Gasteiger partial charge < -0.3 is 15.6 Å². The minimum absolute atomic E-state index is 0.161. The van der Waals surface area contributed by atoms with E-state index in [0.29, 0.717) is 25.4 Å². The van der Waals surface area contributed by atoms with Crippen molar-refractivity contribution in [1.29, 1.82) is 0 Å². The number of nitrogens with zero attached hydrogens (tertiary/aromatic N) is 2. The van der Waals surface area contributed by atoms with Crippen LogP contribution in [-0.4, -0.2) is 28.0 Å². The Hall–Kier alpha value is -2.34. The van der Waals surface area contributed by atoms with Crippen LogP contribution in [0.2, 0.25) is 0 Å². The highest BCUT2D eigenvalue weighted by Gasteiger charge is 2.02. The summed E-state index contributed by atoms with van der Waals surface area (Å²) in [6, 6.07) is 8.06. The molecule has 3 N–H and O–H groups in total. The molecule has 1 aromatic carbocycles. The third-order valence-electron chi connectivity index (χ3n) is 2.47. The highest BCUT2D eigenvalue weighted by Crippen LogP contribution is 2.11. The summed E-state index contributed by atoms with van der Waals surface area (Å²) in [7, 11) is 0. The van der Waals surface area contributed by atoms with Gasteiger partial charge in [0.05, 0.1) is 12.7 Å². The molecule has 0 amide bonds. The normalized spacial score (nSPS) is 10.4. The lowest BCUT2D eigenvalue weighted by Gasteiger charge is -2.07. The van der Waals surface area contributed by atoms with Gasteiger partial charge in [-0.1, -0.05) is 12.1 Å². The third-order valence-corrected chi connectivity index (χ3v) is 2.47. The van der Waals surface area contributed by atoms with Crippen LogP contribution in [0.3, 0.4) is 0 Å². The zero-order valence-corrected chi connectivity index (χ0v) is 10.3. The lowest BCUT2D eigenvalue weighted by molar-refractivity contribution is 0.324. The number of ether oxygens (including phenoxy) is 1. The number of phenols is 1. The fourth-order valence-electron chi connectivity index (χ4n) is 1.62. The fraction of sp³-hybridized carbons (Fsp3) is 0.231. The second kappa shape index (κ2) is 6.01. The van der Waals surface area contributed by atoms with Crippen molar-refractivity contribution in [3.63, 3.8) is 0 Å². The summed E-state index contributed by atoms with van der Waals surface area (Å²) in [5, 5.41) is 13.4. The Morgan fingerprint density at radius 3 is 2.89 bits per heavy atom. The Labute approximate surface area is 110 Å². The Bertz CT molecular complexity index is 610. The number of hydrogen-bond donors (Lipinski definition) is 2. The van der Waals surface area contributed by atoms with Gasteiger partial charge in [0.15, 0.2) is 0 Å². The van der Waals surface area contributed by atoms with Crippen LogP contribution in [0, 0.1) is 0 Å². The summed E-state index contributed by atoms with van der Waals surface area (Å²) >= 11 is 0. The Morgan fingerprint density at radius 2 is 2.21 bits per heavy atom. The summed E-state index contributed by atoms with van der Waals surface area (Å²) in [6.45, 7) is 1.02. The van der Waals surface area contributed by atoms with Gasteiger partial charge in [-0.2, -0.15) is 5.10 Å². The molecular formula is C13H15N3O3. The average molecular weight is 261 g/mol. The van der Waals surface area contributed by atoms with E-state index in [1.54, 1.807) is 18.2 Å². The van der Waals surface area contributed by atoms with Gasteiger partial charge >= 0.3 is 0 Å². The van der Waals surface area contributed by atoms with Crippen molar-refractivity contribution in [3.8, 4) is 11.5 Å². The van der Waals surface area contributed by atoms with Gasteiger partial charge in [0.1, 0.15) is 18.1 Å². The third kappa shape index (κ3) is 3.56. The van der Waals surface area contributed by atoms with Crippen LogP contribution in [0.5, 0.6) is 11.5 Å². The molecule has 100 valence electrons. The topological polar surface area (TPSA) is 90.4 Å².